The Labute approximate surface area is 180 Å². The molecule has 5 nitrogen and oxygen atoms in total. The summed E-state index contributed by atoms with van der Waals surface area (Å²) in [4.78, 5) is 10.8. The third-order valence-electron chi connectivity index (χ3n) is 5.13. The van der Waals surface area contributed by atoms with Crippen molar-refractivity contribution < 1.29 is 24.5 Å². The fraction of sp³-hybridized carbons (Fsp3) is 0.115. The van der Waals surface area contributed by atoms with Crippen molar-refractivity contribution in [3.05, 3.63) is 84.4 Å². The van der Waals surface area contributed by atoms with Gasteiger partial charge in [-0.3, -0.25) is 4.79 Å². The maximum atomic E-state index is 10.8. The molecule has 156 valence electrons. The number of carboxylic acid groups (broad SMARTS) is 1. The molecule has 0 unspecified atom stereocenters. The highest BCUT2D eigenvalue weighted by atomic mass is 16.5. The van der Waals surface area contributed by atoms with Crippen molar-refractivity contribution in [1.29, 1.82) is 0 Å². The summed E-state index contributed by atoms with van der Waals surface area (Å²) in [7, 11) is 1.63. The molecule has 0 aliphatic heterocycles. The van der Waals surface area contributed by atoms with Crippen LogP contribution in [0.2, 0.25) is 0 Å². The summed E-state index contributed by atoms with van der Waals surface area (Å²) in [6.07, 6.45) is 0.564. The van der Waals surface area contributed by atoms with E-state index in [-0.39, 0.29) is 12.2 Å². The molecule has 0 aliphatic rings. The molecule has 4 rings (SSSR count). The monoisotopic (exact) mass is 414 g/mol. The molecule has 4 aromatic rings. The zero-order valence-corrected chi connectivity index (χ0v) is 17.0. The number of aromatic hydroxyl groups is 1. The molecule has 0 heterocycles. The van der Waals surface area contributed by atoms with Gasteiger partial charge in [0.1, 0.15) is 23.0 Å². The Morgan fingerprint density at radius 1 is 0.871 bits per heavy atom. The van der Waals surface area contributed by atoms with Gasteiger partial charge in [0.05, 0.1) is 7.11 Å². The first-order valence-corrected chi connectivity index (χ1v) is 9.92. The van der Waals surface area contributed by atoms with Crippen LogP contribution in [-0.4, -0.2) is 23.3 Å². The van der Waals surface area contributed by atoms with Crippen LogP contribution in [0.25, 0.3) is 21.9 Å². The Kier molecular flexibility index (Phi) is 5.76. The van der Waals surface area contributed by atoms with Crippen molar-refractivity contribution in [2.45, 2.75) is 12.8 Å². The lowest BCUT2D eigenvalue weighted by Crippen LogP contribution is -1.97. The first-order valence-electron chi connectivity index (χ1n) is 9.92. The number of carboxylic acids is 1. The quantitative estimate of drug-likeness (QED) is 0.386. The molecule has 0 bridgehead atoms. The van der Waals surface area contributed by atoms with Crippen LogP contribution in [0.15, 0.2) is 78.9 Å². The lowest BCUT2D eigenvalue weighted by Gasteiger charge is -2.15. The Morgan fingerprint density at radius 2 is 1.58 bits per heavy atom. The van der Waals surface area contributed by atoms with Crippen molar-refractivity contribution >= 4 is 16.7 Å². The summed E-state index contributed by atoms with van der Waals surface area (Å²) >= 11 is 0. The van der Waals surface area contributed by atoms with Gasteiger partial charge in [-0.25, -0.2) is 0 Å². The van der Waals surface area contributed by atoms with Gasteiger partial charge in [-0.2, -0.15) is 0 Å². The molecule has 0 fully saturated rings. The largest absolute Gasteiger partial charge is 0.508 e. The molecule has 0 saturated carbocycles. The van der Waals surface area contributed by atoms with E-state index in [0.717, 1.165) is 33.2 Å². The number of hydrogen-bond donors (Lipinski definition) is 2. The molecular weight excluding hydrogens is 392 g/mol. The smallest absolute Gasteiger partial charge is 0.303 e. The second-order valence-corrected chi connectivity index (χ2v) is 7.22. The van der Waals surface area contributed by atoms with Gasteiger partial charge in [0.25, 0.3) is 0 Å². The van der Waals surface area contributed by atoms with E-state index < -0.39 is 5.97 Å². The lowest BCUT2D eigenvalue weighted by molar-refractivity contribution is -0.136. The lowest BCUT2D eigenvalue weighted by atomic mass is 9.99. The zero-order chi connectivity index (χ0) is 21.8. The van der Waals surface area contributed by atoms with Gasteiger partial charge in [-0.15, -0.1) is 0 Å². The minimum Gasteiger partial charge on any atom is -0.508 e. The van der Waals surface area contributed by atoms with Crippen LogP contribution in [0, 0.1) is 0 Å². The van der Waals surface area contributed by atoms with Crippen LogP contribution in [0.4, 0.5) is 0 Å². The van der Waals surface area contributed by atoms with Gasteiger partial charge >= 0.3 is 5.97 Å². The van der Waals surface area contributed by atoms with Gasteiger partial charge in [-0.1, -0.05) is 30.3 Å². The van der Waals surface area contributed by atoms with Crippen molar-refractivity contribution in [3.63, 3.8) is 0 Å². The van der Waals surface area contributed by atoms with Crippen molar-refractivity contribution in [3.8, 4) is 34.1 Å². The van der Waals surface area contributed by atoms with E-state index in [9.17, 15) is 9.90 Å². The molecular formula is C26H22O5. The summed E-state index contributed by atoms with van der Waals surface area (Å²) in [5, 5.41) is 20.5. The third-order valence-corrected chi connectivity index (χ3v) is 5.13. The van der Waals surface area contributed by atoms with E-state index in [1.165, 1.54) is 0 Å². The van der Waals surface area contributed by atoms with Crippen molar-refractivity contribution in [1.82, 2.24) is 0 Å². The molecule has 0 amide bonds. The number of fused-ring (bicyclic) bond motifs is 1. The number of aliphatic carboxylic acids is 1. The number of carbonyl (C=O) groups is 1. The zero-order valence-electron chi connectivity index (χ0n) is 17.0. The maximum Gasteiger partial charge on any atom is 0.303 e. The fourth-order valence-electron chi connectivity index (χ4n) is 3.49. The molecule has 0 aromatic heterocycles. The van der Waals surface area contributed by atoms with Gasteiger partial charge in [-0.05, 0) is 71.5 Å². The highest BCUT2D eigenvalue weighted by Gasteiger charge is 2.13. The Bertz CT molecular complexity index is 1210. The normalized spacial score (nSPS) is 10.7. The topological polar surface area (TPSA) is 76.0 Å². The number of hydrogen-bond acceptors (Lipinski definition) is 4. The third kappa shape index (κ3) is 4.61. The molecule has 0 saturated heterocycles. The standard InChI is InChI=1S/C26H22O5/c1-30-21-11-5-18(6-12-21)23-13-7-19-16-20(27)8-14-24(19)26(23)31-22-9-2-17(3-10-22)4-15-25(28)29/h2-3,5-14,16,27H,4,15H2,1H3,(H,28,29). The van der Waals surface area contributed by atoms with E-state index in [0.29, 0.717) is 17.9 Å². The Hall–Kier alpha value is -3.99. The minimum absolute atomic E-state index is 0.0919. The second-order valence-electron chi connectivity index (χ2n) is 7.22. The highest BCUT2D eigenvalue weighted by Crippen LogP contribution is 2.41. The van der Waals surface area contributed by atoms with Gasteiger partial charge in [0, 0.05) is 17.4 Å². The van der Waals surface area contributed by atoms with Crippen LogP contribution in [0.3, 0.4) is 0 Å². The molecule has 2 N–H and O–H groups in total. The Balaban J connectivity index is 1.74. The van der Waals surface area contributed by atoms with Crippen molar-refractivity contribution in [2.75, 3.05) is 7.11 Å². The van der Waals surface area contributed by atoms with Gasteiger partial charge < -0.3 is 19.7 Å². The predicted molar refractivity (Wildman–Crippen MR) is 120 cm³/mol. The minimum atomic E-state index is -0.816. The summed E-state index contributed by atoms with van der Waals surface area (Å²) in [6, 6.07) is 24.3. The summed E-state index contributed by atoms with van der Waals surface area (Å²) in [6.45, 7) is 0. The first kappa shape index (κ1) is 20.3. The fourth-order valence-corrected chi connectivity index (χ4v) is 3.49. The molecule has 31 heavy (non-hydrogen) atoms. The number of phenols is 1. The van der Waals surface area contributed by atoms with Crippen molar-refractivity contribution in [2.24, 2.45) is 0 Å². The van der Waals surface area contributed by atoms with Gasteiger partial charge in [0.2, 0.25) is 0 Å². The molecule has 0 aliphatic carbocycles. The first-order chi connectivity index (χ1) is 15.0. The van der Waals surface area contributed by atoms with Crippen LogP contribution < -0.4 is 9.47 Å². The number of phenolic OH excluding ortho intramolecular Hbond substituents is 1. The Morgan fingerprint density at radius 3 is 2.26 bits per heavy atom. The SMILES string of the molecule is COc1ccc(-c2ccc3cc(O)ccc3c2Oc2ccc(CCC(=O)O)cc2)cc1. The van der Waals surface area contributed by atoms with E-state index in [4.69, 9.17) is 14.6 Å². The molecule has 0 atom stereocenters. The van der Waals surface area contributed by atoms with Crippen LogP contribution >= 0.6 is 0 Å². The van der Waals surface area contributed by atoms with E-state index in [1.54, 1.807) is 19.2 Å². The highest BCUT2D eigenvalue weighted by molar-refractivity contribution is 5.96. The molecule has 0 spiro atoms. The average molecular weight is 414 g/mol. The molecule has 0 radical (unpaired) electrons. The average Bonchev–Trinajstić information content (AvgIpc) is 2.78. The van der Waals surface area contributed by atoms with Crippen LogP contribution in [0.1, 0.15) is 12.0 Å². The number of rotatable bonds is 7. The maximum absolute atomic E-state index is 10.8. The number of ether oxygens (including phenoxy) is 2. The number of aryl methyl sites for hydroxylation is 1. The second kappa shape index (κ2) is 8.79. The number of methoxy groups -OCH3 is 1. The van der Waals surface area contributed by atoms with E-state index in [1.807, 2.05) is 66.7 Å². The predicted octanol–water partition coefficient (Wildman–Crippen LogP) is 6.03. The van der Waals surface area contributed by atoms with Crippen LogP contribution in [-0.2, 0) is 11.2 Å². The molecule has 5 heteroatoms. The summed E-state index contributed by atoms with van der Waals surface area (Å²) < 4.78 is 11.6. The summed E-state index contributed by atoms with van der Waals surface area (Å²) in [5.74, 6) is 1.48. The molecule has 4 aromatic carbocycles. The van der Waals surface area contributed by atoms with E-state index >= 15 is 0 Å². The van der Waals surface area contributed by atoms with E-state index in [2.05, 4.69) is 0 Å². The van der Waals surface area contributed by atoms with Gasteiger partial charge in [0.15, 0.2) is 0 Å². The summed E-state index contributed by atoms with van der Waals surface area (Å²) in [5.41, 5.74) is 2.83. The number of benzene rings is 4. The van der Waals surface area contributed by atoms with Crippen LogP contribution in [0.5, 0.6) is 23.0 Å².